The van der Waals surface area contributed by atoms with Crippen molar-refractivity contribution in [3.05, 3.63) is 0 Å². The minimum absolute atomic E-state index is 0.0749. The summed E-state index contributed by atoms with van der Waals surface area (Å²) in [6.07, 6.45) is -12.1. The van der Waals surface area contributed by atoms with Crippen molar-refractivity contribution < 1.29 is 54.7 Å². The summed E-state index contributed by atoms with van der Waals surface area (Å²) in [4.78, 5) is 0. The van der Waals surface area contributed by atoms with Gasteiger partial charge >= 0.3 is 0 Å². The molecule has 0 aromatic rings. The van der Waals surface area contributed by atoms with Crippen LogP contribution in [0.15, 0.2) is 0 Å². The summed E-state index contributed by atoms with van der Waals surface area (Å²) in [6, 6.07) is 0. The van der Waals surface area contributed by atoms with E-state index in [4.69, 9.17) is 18.9 Å². The molecule has 2 aliphatic heterocycles. The Bertz CT molecular complexity index is 422. The molecule has 2 aliphatic rings. The van der Waals surface area contributed by atoms with Gasteiger partial charge in [-0.2, -0.15) is 0 Å². The summed E-state index contributed by atoms with van der Waals surface area (Å²) in [6.45, 7) is 0.414. The molecule has 0 aromatic heterocycles. The first-order valence-corrected chi connectivity index (χ1v) is 8.02. The molecule has 0 amide bonds. The second-order valence-corrected chi connectivity index (χ2v) is 6.04. The summed E-state index contributed by atoms with van der Waals surface area (Å²) in [5.74, 6) is -2.14. The van der Waals surface area contributed by atoms with Gasteiger partial charge in [-0.3, -0.25) is 0 Å². The van der Waals surface area contributed by atoms with Gasteiger partial charge in [0.25, 0.3) is 0 Å². The van der Waals surface area contributed by atoms with Crippen LogP contribution in [0.3, 0.4) is 0 Å². The number of hydrogen-bond donors (Lipinski definition) is 7. The maximum Gasteiger partial charge on any atom is 0.224 e. The first kappa shape index (κ1) is 20.9. The zero-order chi connectivity index (χ0) is 18.8. The largest absolute Gasteiger partial charge is 0.394 e. The van der Waals surface area contributed by atoms with Crippen molar-refractivity contribution in [2.24, 2.45) is 0 Å². The summed E-state index contributed by atoms with van der Waals surface area (Å²) in [5.41, 5.74) is 0. The Morgan fingerprint density at radius 3 is 2.16 bits per heavy atom. The third-order valence-corrected chi connectivity index (χ3v) is 4.38. The topological polar surface area (TPSA) is 179 Å². The maximum absolute atomic E-state index is 10.2. The normalized spacial score (nSPS) is 48.0. The van der Waals surface area contributed by atoms with Gasteiger partial charge in [-0.1, -0.05) is 0 Å². The molecule has 2 heterocycles. The number of aliphatic hydroxyl groups is 7. The Labute approximate surface area is 143 Å². The highest BCUT2D eigenvalue weighted by Gasteiger charge is 2.58. The Morgan fingerprint density at radius 2 is 1.60 bits per heavy atom. The van der Waals surface area contributed by atoms with Gasteiger partial charge in [0.15, 0.2) is 6.29 Å². The van der Waals surface area contributed by atoms with E-state index in [2.05, 4.69) is 0 Å². The smallest absolute Gasteiger partial charge is 0.224 e. The average Bonchev–Trinajstić information content (AvgIpc) is 2.85. The van der Waals surface area contributed by atoms with Crippen molar-refractivity contribution in [1.82, 2.24) is 0 Å². The molecule has 7 N–H and O–H groups in total. The van der Waals surface area contributed by atoms with Gasteiger partial charge in [0.2, 0.25) is 5.79 Å². The van der Waals surface area contributed by atoms with Gasteiger partial charge in [-0.05, 0) is 6.92 Å². The zero-order valence-electron chi connectivity index (χ0n) is 13.7. The van der Waals surface area contributed by atoms with Crippen LogP contribution in [0.1, 0.15) is 6.92 Å². The Kier molecular flexibility index (Phi) is 7.09. The van der Waals surface area contributed by atoms with E-state index in [9.17, 15) is 35.7 Å². The lowest BCUT2D eigenvalue weighted by Gasteiger charge is -2.43. The van der Waals surface area contributed by atoms with Crippen molar-refractivity contribution in [3.8, 4) is 0 Å². The summed E-state index contributed by atoms with van der Waals surface area (Å²) >= 11 is 0. The van der Waals surface area contributed by atoms with Gasteiger partial charge in [-0.15, -0.1) is 0 Å². The molecule has 0 spiro atoms. The molecule has 0 unspecified atom stereocenters. The van der Waals surface area contributed by atoms with Crippen LogP contribution in [-0.2, 0) is 18.9 Å². The van der Waals surface area contributed by atoms with E-state index >= 15 is 0 Å². The molecule has 2 saturated heterocycles. The van der Waals surface area contributed by atoms with Gasteiger partial charge in [0.1, 0.15) is 49.3 Å². The number of hydrogen-bond acceptors (Lipinski definition) is 11. The standard InChI is InChI=1S/C14H26O11/c1-2-22-4-7-9(18)12(21)14(5-16,24-7)25-13-11(20)10(19)8(17)6(3-15)23-13/h6-13,15-21H,2-5H2,1H3/t6-,7-,8-,9-,10+,11-,12+,13-,14+/m1/s1. The summed E-state index contributed by atoms with van der Waals surface area (Å²) in [7, 11) is 0. The molecule has 0 saturated carbocycles. The van der Waals surface area contributed by atoms with Gasteiger partial charge < -0.3 is 54.7 Å². The zero-order valence-corrected chi connectivity index (χ0v) is 13.7. The molecule has 11 nitrogen and oxygen atoms in total. The van der Waals surface area contributed by atoms with E-state index in [1.807, 2.05) is 0 Å². The fraction of sp³-hybridized carbons (Fsp3) is 1.00. The Morgan fingerprint density at radius 1 is 0.920 bits per heavy atom. The molecule has 0 bridgehead atoms. The lowest BCUT2D eigenvalue weighted by Crippen LogP contribution is -2.62. The summed E-state index contributed by atoms with van der Waals surface area (Å²) in [5, 5.41) is 68.6. The lowest BCUT2D eigenvalue weighted by atomic mass is 9.99. The highest BCUT2D eigenvalue weighted by atomic mass is 16.8. The van der Waals surface area contributed by atoms with E-state index < -0.39 is 68.0 Å². The monoisotopic (exact) mass is 370 g/mol. The molecular weight excluding hydrogens is 344 g/mol. The van der Waals surface area contributed by atoms with Gasteiger partial charge in [0, 0.05) is 6.61 Å². The van der Waals surface area contributed by atoms with Crippen molar-refractivity contribution in [2.75, 3.05) is 26.4 Å². The van der Waals surface area contributed by atoms with Crippen LogP contribution in [0.25, 0.3) is 0 Å². The van der Waals surface area contributed by atoms with Crippen LogP contribution in [0, 0.1) is 0 Å². The van der Waals surface area contributed by atoms with E-state index in [0.29, 0.717) is 6.61 Å². The molecule has 0 radical (unpaired) electrons. The third kappa shape index (κ3) is 3.96. The van der Waals surface area contributed by atoms with E-state index in [1.165, 1.54) is 0 Å². The molecule has 0 aromatic carbocycles. The molecule has 11 heteroatoms. The first-order valence-electron chi connectivity index (χ1n) is 8.02. The van der Waals surface area contributed by atoms with Crippen LogP contribution < -0.4 is 0 Å². The number of aliphatic hydroxyl groups excluding tert-OH is 7. The average molecular weight is 370 g/mol. The molecule has 25 heavy (non-hydrogen) atoms. The fourth-order valence-corrected chi connectivity index (χ4v) is 2.85. The van der Waals surface area contributed by atoms with Gasteiger partial charge in [0.05, 0.1) is 13.2 Å². The van der Waals surface area contributed by atoms with Crippen LogP contribution in [-0.4, -0.2) is 117 Å². The molecule has 148 valence electrons. The SMILES string of the molecule is CCOC[C@H]1O[C@@](CO)(O[C@H]2O[C@H](CO)[C@@H](O)[C@H](O)[C@H]2O)[C@@H](O)[C@@H]1O. The van der Waals surface area contributed by atoms with E-state index in [-0.39, 0.29) is 6.61 Å². The van der Waals surface area contributed by atoms with Crippen LogP contribution in [0.2, 0.25) is 0 Å². The fourth-order valence-electron chi connectivity index (χ4n) is 2.85. The quantitative estimate of drug-likeness (QED) is 0.230. The molecule has 9 atom stereocenters. The molecule has 0 aliphatic carbocycles. The lowest BCUT2D eigenvalue weighted by molar-refractivity contribution is -0.383. The second kappa shape index (κ2) is 8.50. The minimum Gasteiger partial charge on any atom is -0.394 e. The highest BCUT2D eigenvalue weighted by molar-refractivity contribution is 4.98. The first-order chi connectivity index (χ1) is 11.8. The molecular formula is C14H26O11. The number of ether oxygens (including phenoxy) is 4. The van der Waals surface area contributed by atoms with E-state index in [1.54, 1.807) is 6.92 Å². The summed E-state index contributed by atoms with van der Waals surface area (Å²) < 4.78 is 21.1. The van der Waals surface area contributed by atoms with E-state index in [0.717, 1.165) is 0 Å². The molecule has 2 fully saturated rings. The minimum atomic E-state index is -2.14. The van der Waals surface area contributed by atoms with Crippen LogP contribution in [0.5, 0.6) is 0 Å². The van der Waals surface area contributed by atoms with Crippen LogP contribution in [0.4, 0.5) is 0 Å². The van der Waals surface area contributed by atoms with Crippen molar-refractivity contribution >= 4 is 0 Å². The predicted octanol–water partition coefficient (Wildman–Crippen LogP) is -4.35. The Hall–Kier alpha value is -0.440. The maximum atomic E-state index is 10.2. The Balaban J connectivity index is 2.14. The van der Waals surface area contributed by atoms with Crippen molar-refractivity contribution in [3.63, 3.8) is 0 Å². The predicted molar refractivity (Wildman–Crippen MR) is 78.0 cm³/mol. The van der Waals surface area contributed by atoms with Crippen molar-refractivity contribution in [1.29, 1.82) is 0 Å². The number of rotatable bonds is 7. The third-order valence-electron chi connectivity index (χ3n) is 4.38. The van der Waals surface area contributed by atoms with Crippen LogP contribution >= 0.6 is 0 Å². The second-order valence-electron chi connectivity index (χ2n) is 6.04. The molecule has 2 rings (SSSR count). The highest BCUT2D eigenvalue weighted by Crippen LogP contribution is 2.36. The van der Waals surface area contributed by atoms with Crippen molar-refractivity contribution in [2.45, 2.75) is 61.7 Å². The van der Waals surface area contributed by atoms with Gasteiger partial charge in [-0.25, -0.2) is 0 Å².